The zero-order chi connectivity index (χ0) is 26.2. The molecular formula is C25H24N10O3. The standard InChI is InChI=1S/C25H24N10O3/c1-15-9-17(3-4-20(15)38-18-5-6-35-21(10-18)28-14-30-35)31-23-22-19(27-13-29-23)11-26-24(32-22)33-7-8-34(25(36)37)16(2)12-33/h3-6,9-11,13-14,16H,7-8,12H2,1-2H3,(H,36,37)(H,27,29,31)/t16-/m1/s1. The van der Waals surface area contributed by atoms with Gasteiger partial charge in [0.1, 0.15) is 35.2 Å². The van der Waals surface area contributed by atoms with Gasteiger partial charge in [0, 0.05) is 43.6 Å². The second-order valence-electron chi connectivity index (χ2n) is 9.03. The molecule has 0 bridgehead atoms. The van der Waals surface area contributed by atoms with Crippen molar-refractivity contribution in [1.29, 1.82) is 0 Å². The van der Waals surface area contributed by atoms with Gasteiger partial charge < -0.3 is 25.0 Å². The van der Waals surface area contributed by atoms with Gasteiger partial charge in [-0.1, -0.05) is 0 Å². The van der Waals surface area contributed by atoms with Gasteiger partial charge in [0.25, 0.3) is 0 Å². The molecule has 1 aliphatic rings. The predicted octanol–water partition coefficient (Wildman–Crippen LogP) is 3.50. The van der Waals surface area contributed by atoms with Crippen LogP contribution in [0, 0.1) is 6.92 Å². The molecule has 0 radical (unpaired) electrons. The van der Waals surface area contributed by atoms with Crippen LogP contribution in [0.1, 0.15) is 12.5 Å². The second-order valence-corrected chi connectivity index (χ2v) is 9.03. The first-order chi connectivity index (χ1) is 18.4. The third-order valence-corrected chi connectivity index (χ3v) is 6.44. The van der Waals surface area contributed by atoms with Crippen LogP contribution in [0.4, 0.5) is 22.2 Å². The molecule has 5 heterocycles. The maximum atomic E-state index is 11.4. The van der Waals surface area contributed by atoms with E-state index in [1.54, 1.807) is 16.9 Å². The number of ether oxygens (including phenoxy) is 1. The van der Waals surface area contributed by atoms with Gasteiger partial charge in [0.15, 0.2) is 11.5 Å². The van der Waals surface area contributed by atoms with Gasteiger partial charge in [0.05, 0.1) is 6.20 Å². The summed E-state index contributed by atoms with van der Waals surface area (Å²) < 4.78 is 7.75. The molecule has 192 valence electrons. The summed E-state index contributed by atoms with van der Waals surface area (Å²) >= 11 is 0. The summed E-state index contributed by atoms with van der Waals surface area (Å²) in [5.74, 6) is 2.43. The first-order valence-corrected chi connectivity index (χ1v) is 12.0. The minimum atomic E-state index is -0.917. The van der Waals surface area contributed by atoms with Crippen LogP contribution in [-0.4, -0.2) is 76.3 Å². The molecule has 0 spiro atoms. The van der Waals surface area contributed by atoms with Crippen LogP contribution in [0.5, 0.6) is 11.5 Å². The number of aromatic nitrogens is 7. The summed E-state index contributed by atoms with van der Waals surface area (Å²) in [6.45, 7) is 5.23. The molecule has 5 aromatic rings. The van der Waals surface area contributed by atoms with E-state index < -0.39 is 6.09 Å². The Bertz CT molecular complexity index is 1660. The zero-order valence-electron chi connectivity index (χ0n) is 20.7. The van der Waals surface area contributed by atoms with Crippen molar-refractivity contribution in [3.63, 3.8) is 0 Å². The first-order valence-electron chi connectivity index (χ1n) is 12.0. The third-order valence-electron chi connectivity index (χ3n) is 6.44. The van der Waals surface area contributed by atoms with Gasteiger partial charge in [-0.05, 0) is 43.7 Å². The first kappa shape index (κ1) is 23.3. The van der Waals surface area contributed by atoms with E-state index in [2.05, 4.69) is 30.4 Å². The number of piperazine rings is 1. The molecule has 0 saturated carbocycles. The Morgan fingerprint density at radius 2 is 2.00 bits per heavy atom. The molecule has 1 aliphatic heterocycles. The van der Waals surface area contributed by atoms with Gasteiger partial charge >= 0.3 is 6.09 Å². The van der Waals surface area contributed by atoms with Gasteiger partial charge in [-0.25, -0.2) is 34.2 Å². The molecule has 1 saturated heterocycles. The molecule has 13 nitrogen and oxygen atoms in total. The lowest BCUT2D eigenvalue weighted by Gasteiger charge is -2.38. The summed E-state index contributed by atoms with van der Waals surface area (Å²) in [6, 6.07) is 9.24. The highest BCUT2D eigenvalue weighted by Gasteiger charge is 2.28. The highest BCUT2D eigenvalue weighted by molar-refractivity contribution is 5.87. The van der Waals surface area contributed by atoms with E-state index in [0.29, 0.717) is 59.6 Å². The van der Waals surface area contributed by atoms with Crippen molar-refractivity contribution >= 4 is 40.2 Å². The van der Waals surface area contributed by atoms with Crippen molar-refractivity contribution in [2.75, 3.05) is 29.9 Å². The lowest BCUT2D eigenvalue weighted by molar-refractivity contribution is 0.122. The van der Waals surface area contributed by atoms with Gasteiger partial charge in [-0.2, -0.15) is 5.10 Å². The Kier molecular flexibility index (Phi) is 5.79. The SMILES string of the molecule is Cc1cc(Nc2ncnc3cnc(N4CCN(C(=O)O)[C@H](C)C4)nc23)ccc1Oc1ccn2ncnc2c1. The number of aryl methyl sites for hydroxylation is 1. The van der Waals surface area contributed by atoms with Crippen LogP contribution in [0.15, 0.2) is 55.4 Å². The van der Waals surface area contributed by atoms with Crippen LogP contribution in [0.3, 0.4) is 0 Å². The molecule has 1 atom stereocenters. The molecule has 38 heavy (non-hydrogen) atoms. The van der Waals surface area contributed by atoms with E-state index in [1.807, 2.05) is 49.1 Å². The number of amides is 1. The highest BCUT2D eigenvalue weighted by Crippen LogP contribution is 2.30. The fraction of sp³-hybridized carbons (Fsp3) is 0.240. The normalized spacial score (nSPS) is 15.7. The van der Waals surface area contributed by atoms with E-state index in [9.17, 15) is 9.90 Å². The van der Waals surface area contributed by atoms with Gasteiger partial charge in [-0.3, -0.25) is 0 Å². The van der Waals surface area contributed by atoms with Crippen molar-refractivity contribution in [3.8, 4) is 11.5 Å². The number of nitrogens with one attached hydrogen (secondary N) is 1. The fourth-order valence-electron chi connectivity index (χ4n) is 4.48. The lowest BCUT2D eigenvalue weighted by atomic mass is 10.2. The molecule has 1 fully saturated rings. The topological polar surface area (TPSA) is 147 Å². The van der Waals surface area contributed by atoms with Crippen LogP contribution in [-0.2, 0) is 0 Å². The molecule has 13 heteroatoms. The number of nitrogens with zero attached hydrogens (tertiary/aromatic N) is 9. The average molecular weight is 513 g/mol. The number of fused-ring (bicyclic) bond motifs is 2. The quantitative estimate of drug-likeness (QED) is 0.357. The van der Waals surface area contributed by atoms with E-state index in [-0.39, 0.29) is 6.04 Å². The van der Waals surface area contributed by atoms with Crippen molar-refractivity contribution < 1.29 is 14.6 Å². The number of hydrogen-bond donors (Lipinski definition) is 2. The van der Waals surface area contributed by atoms with E-state index in [0.717, 1.165) is 11.3 Å². The Morgan fingerprint density at radius 3 is 2.82 bits per heavy atom. The van der Waals surface area contributed by atoms with Crippen LogP contribution in [0.25, 0.3) is 16.7 Å². The maximum absolute atomic E-state index is 11.4. The van der Waals surface area contributed by atoms with Crippen molar-refractivity contribution in [2.45, 2.75) is 19.9 Å². The van der Waals surface area contributed by atoms with Crippen LogP contribution in [0.2, 0.25) is 0 Å². The number of benzene rings is 1. The lowest BCUT2D eigenvalue weighted by Crippen LogP contribution is -2.54. The molecule has 6 rings (SSSR count). The van der Waals surface area contributed by atoms with E-state index >= 15 is 0 Å². The number of rotatable bonds is 5. The fourth-order valence-corrected chi connectivity index (χ4v) is 4.48. The number of hydrogen-bond acceptors (Lipinski definition) is 10. The smallest absolute Gasteiger partial charge is 0.407 e. The molecule has 1 amide bonds. The Morgan fingerprint density at radius 1 is 1.11 bits per heavy atom. The van der Waals surface area contributed by atoms with Crippen LogP contribution >= 0.6 is 0 Å². The average Bonchev–Trinajstić information content (AvgIpc) is 3.38. The molecule has 4 aromatic heterocycles. The number of carbonyl (C=O) groups is 1. The molecule has 0 unspecified atom stereocenters. The Labute approximate surface area is 216 Å². The Hall–Kier alpha value is -5.07. The minimum absolute atomic E-state index is 0.174. The molecular weight excluding hydrogens is 488 g/mol. The van der Waals surface area contributed by atoms with Crippen LogP contribution < -0.4 is 15.0 Å². The van der Waals surface area contributed by atoms with Crippen molar-refractivity contribution in [2.24, 2.45) is 0 Å². The highest BCUT2D eigenvalue weighted by atomic mass is 16.5. The summed E-state index contributed by atoms with van der Waals surface area (Å²) in [7, 11) is 0. The predicted molar refractivity (Wildman–Crippen MR) is 139 cm³/mol. The molecule has 0 aliphatic carbocycles. The zero-order valence-corrected chi connectivity index (χ0v) is 20.7. The third kappa shape index (κ3) is 4.45. The molecule has 2 N–H and O–H groups in total. The number of carboxylic acid groups (broad SMARTS) is 1. The minimum Gasteiger partial charge on any atom is -0.465 e. The summed E-state index contributed by atoms with van der Waals surface area (Å²) in [5, 5.41) is 16.8. The number of anilines is 3. The Balaban J connectivity index is 1.23. The largest absolute Gasteiger partial charge is 0.465 e. The maximum Gasteiger partial charge on any atom is 0.407 e. The summed E-state index contributed by atoms with van der Waals surface area (Å²) in [4.78, 5) is 36.9. The number of pyridine rings is 1. The van der Waals surface area contributed by atoms with Crippen molar-refractivity contribution in [3.05, 3.63) is 60.9 Å². The summed E-state index contributed by atoms with van der Waals surface area (Å²) in [6.07, 6.45) is 5.50. The summed E-state index contributed by atoms with van der Waals surface area (Å²) in [5.41, 5.74) is 3.62. The second kappa shape index (κ2) is 9.42. The monoisotopic (exact) mass is 512 g/mol. The molecule has 1 aromatic carbocycles. The van der Waals surface area contributed by atoms with E-state index in [1.165, 1.54) is 17.6 Å². The van der Waals surface area contributed by atoms with Gasteiger partial charge in [0.2, 0.25) is 5.95 Å². The van der Waals surface area contributed by atoms with Crippen molar-refractivity contribution in [1.82, 2.24) is 39.4 Å². The van der Waals surface area contributed by atoms with E-state index in [4.69, 9.17) is 9.72 Å². The van der Waals surface area contributed by atoms with Gasteiger partial charge in [-0.15, -0.1) is 0 Å².